The van der Waals surface area contributed by atoms with E-state index in [0.717, 1.165) is 12.8 Å². The van der Waals surface area contributed by atoms with Gasteiger partial charge in [-0.2, -0.15) is 0 Å². The first-order valence-electron chi connectivity index (χ1n) is 5.72. The summed E-state index contributed by atoms with van der Waals surface area (Å²) in [6, 6.07) is 0. The number of piperidine rings is 1. The standard InChI is InChI=1S/C12H19NO3/c1-2-3-4-9-16-10-12(15)13-7-5-11(14)6-8-13/h2H,1,3-10H2. The summed E-state index contributed by atoms with van der Waals surface area (Å²) in [5, 5.41) is 0. The second-order valence-electron chi connectivity index (χ2n) is 3.90. The monoisotopic (exact) mass is 225 g/mol. The Kier molecular flexibility index (Phi) is 5.78. The van der Waals surface area contributed by atoms with E-state index >= 15 is 0 Å². The molecule has 0 aliphatic carbocycles. The summed E-state index contributed by atoms with van der Waals surface area (Å²) in [5.74, 6) is 0.238. The van der Waals surface area contributed by atoms with E-state index < -0.39 is 0 Å². The smallest absolute Gasteiger partial charge is 0.248 e. The fourth-order valence-electron chi connectivity index (χ4n) is 1.59. The number of amides is 1. The largest absolute Gasteiger partial charge is 0.372 e. The Labute approximate surface area is 96.3 Å². The molecule has 1 aliphatic heterocycles. The first-order valence-corrected chi connectivity index (χ1v) is 5.72. The van der Waals surface area contributed by atoms with Crippen molar-refractivity contribution in [3.8, 4) is 0 Å². The molecule has 4 heteroatoms. The minimum absolute atomic E-state index is 0.00824. The number of unbranched alkanes of at least 4 members (excludes halogenated alkanes) is 1. The number of hydrogen-bond acceptors (Lipinski definition) is 3. The zero-order valence-electron chi connectivity index (χ0n) is 9.61. The second kappa shape index (κ2) is 7.17. The molecule has 0 unspecified atom stereocenters. The third-order valence-electron chi connectivity index (χ3n) is 2.60. The predicted molar refractivity (Wildman–Crippen MR) is 61.1 cm³/mol. The van der Waals surface area contributed by atoms with Gasteiger partial charge in [0.05, 0.1) is 0 Å². The summed E-state index contributed by atoms with van der Waals surface area (Å²) < 4.78 is 5.25. The maximum Gasteiger partial charge on any atom is 0.248 e. The Morgan fingerprint density at radius 1 is 1.44 bits per heavy atom. The molecule has 0 atom stereocenters. The number of rotatable bonds is 6. The molecule has 4 nitrogen and oxygen atoms in total. The fourth-order valence-corrected chi connectivity index (χ4v) is 1.59. The molecule has 1 fully saturated rings. The average Bonchev–Trinajstić information content (AvgIpc) is 2.29. The van der Waals surface area contributed by atoms with Crippen molar-refractivity contribution in [3.63, 3.8) is 0 Å². The van der Waals surface area contributed by atoms with Crippen LogP contribution in [0.4, 0.5) is 0 Å². The van der Waals surface area contributed by atoms with Crippen LogP contribution in [0.5, 0.6) is 0 Å². The molecule has 0 radical (unpaired) electrons. The summed E-state index contributed by atoms with van der Waals surface area (Å²) in [4.78, 5) is 24.3. The maximum absolute atomic E-state index is 11.6. The van der Waals surface area contributed by atoms with Gasteiger partial charge in [0.15, 0.2) is 0 Å². The van der Waals surface area contributed by atoms with Crippen LogP contribution in [0.1, 0.15) is 25.7 Å². The van der Waals surface area contributed by atoms with Crippen molar-refractivity contribution in [1.29, 1.82) is 0 Å². The van der Waals surface area contributed by atoms with E-state index in [4.69, 9.17) is 4.74 Å². The summed E-state index contributed by atoms with van der Waals surface area (Å²) >= 11 is 0. The number of ketones is 1. The van der Waals surface area contributed by atoms with Crippen molar-refractivity contribution in [2.24, 2.45) is 0 Å². The molecule has 0 aromatic rings. The van der Waals surface area contributed by atoms with Gasteiger partial charge in [0.25, 0.3) is 0 Å². The number of likely N-dealkylation sites (tertiary alicyclic amines) is 1. The van der Waals surface area contributed by atoms with E-state index in [2.05, 4.69) is 6.58 Å². The lowest BCUT2D eigenvalue weighted by atomic mass is 10.1. The zero-order chi connectivity index (χ0) is 11.8. The van der Waals surface area contributed by atoms with E-state index in [9.17, 15) is 9.59 Å². The Morgan fingerprint density at radius 2 is 2.12 bits per heavy atom. The van der Waals surface area contributed by atoms with Crippen molar-refractivity contribution in [2.45, 2.75) is 25.7 Å². The van der Waals surface area contributed by atoms with Gasteiger partial charge in [0, 0.05) is 32.5 Å². The molecule has 90 valence electrons. The molecule has 0 spiro atoms. The molecule has 0 aromatic heterocycles. The Balaban J connectivity index is 2.10. The highest BCUT2D eigenvalue weighted by Crippen LogP contribution is 2.05. The normalized spacial score (nSPS) is 16.2. The van der Waals surface area contributed by atoms with Gasteiger partial charge in [-0.1, -0.05) is 6.08 Å². The number of carbonyl (C=O) groups excluding carboxylic acids is 2. The summed E-state index contributed by atoms with van der Waals surface area (Å²) in [7, 11) is 0. The Morgan fingerprint density at radius 3 is 2.75 bits per heavy atom. The van der Waals surface area contributed by atoms with Crippen LogP contribution < -0.4 is 0 Å². The Bertz CT molecular complexity index is 253. The van der Waals surface area contributed by atoms with Crippen molar-refractivity contribution in [3.05, 3.63) is 12.7 Å². The van der Waals surface area contributed by atoms with Crippen LogP contribution in [-0.2, 0) is 14.3 Å². The highest BCUT2D eigenvalue weighted by Gasteiger charge is 2.20. The number of ether oxygens (including phenoxy) is 1. The number of carbonyl (C=O) groups is 2. The molecule has 0 N–H and O–H groups in total. The van der Waals surface area contributed by atoms with E-state index in [1.54, 1.807) is 4.90 Å². The second-order valence-corrected chi connectivity index (χ2v) is 3.90. The van der Waals surface area contributed by atoms with Crippen molar-refractivity contribution in [2.75, 3.05) is 26.3 Å². The molecule has 16 heavy (non-hydrogen) atoms. The number of hydrogen-bond donors (Lipinski definition) is 0. The van der Waals surface area contributed by atoms with Gasteiger partial charge in [-0.3, -0.25) is 9.59 Å². The molecule has 0 aromatic carbocycles. The molecule has 1 rings (SSSR count). The third kappa shape index (κ3) is 4.57. The van der Waals surface area contributed by atoms with Crippen LogP contribution in [-0.4, -0.2) is 42.9 Å². The molecule has 0 bridgehead atoms. The summed E-state index contributed by atoms with van der Waals surface area (Å²) in [5.41, 5.74) is 0. The highest BCUT2D eigenvalue weighted by atomic mass is 16.5. The van der Waals surface area contributed by atoms with Gasteiger partial charge in [-0.05, 0) is 12.8 Å². The first-order chi connectivity index (χ1) is 7.74. The lowest BCUT2D eigenvalue weighted by Gasteiger charge is -2.25. The summed E-state index contributed by atoms with van der Waals surface area (Å²) in [6.45, 7) is 5.43. The van der Waals surface area contributed by atoms with Crippen LogP contribution in [0, 0.1) is 0 Å². The van der Waals surface area contributed by atoms with Crippen molar-refractivity contribution < 1.29 is 14.3 Å². The number of nitrogens with zero attached hydrogens (tertiary/aromatic N) is 1. The van der Waals surface area contributed by atoms with Crippen molar-refractivity contribution >= 4 is 11.7 Å². The molecular formula is C12H19NO3. The highest BCUT2D eigenvalue weighted by molar-refractivity contribution is 5.83. The van der Waals surface area contributed by atoms with Gasteiger partial charge < -0.3 is 9.64 Å². The minimum Gasteiger partial charge on any atom is -0.372 e. The van der Waals surface area contributed by atoms with Crippen LogP contribution in [0.25, 0.3) is 0 Å². The zero-order valence-corrected chi connectivity index (χ0v) is 9.61. The van der Waals surface area contributed by atoms with Crippen molar-refractivity contribution in [1.82, 2.24) is 4.90 Å². The Hall–Kier alpha value is -1.16. The molecule has 1 aliphatic rings. The average molecular weight is 225 g/mol. The SMILES string of the molecule is C=CCCCOCC(=O)N1CCC(=O)CC1. The predicted octanol–water partition coefficient (Wildman–Crippen LogP) is 1.16. The van der Waals surface area contributed by atoms with Gasteiger partial charge >= 0.3 is 0 Å². The van der Waals surface area contributed by atoms with Crippen LogP contribution in [0.15, 0.2) is 12.7 Å². The van der Waals surface area contributed by atoms with Crippen LogP contribution in [0.2, 0.25) is 0 Å². The lowest BCUT2D eigenvalue weighted by Crippen LogP contribution is -2.40. The lowest BCUT2D eigenvalue weighted by molar-refractivity contribution is -0.138. The molecule has 1 saturated heterocycles. The van der Waals surface area contributed by atoms with Gasteiger partial charge in [0.2, 0.25) is 5.91 Å². The maximum atomic E-state index is 11.6. The fraction of sp³-hybridized carbons (Fsp3) is 0.667. The number of allylic oxidation sites excluding steroid dienone is 1. The topological polar surface area (TPSA) is 46.6 Å². The number of Topliss-reactive ketones (excluding diaryl/α,β-unsaturated/α-hetero) is 1. The van der Waals surface area contributed by atoms with Gasteiger partial charge in [-0.15, -0.1) is 6.58 Å². The van der Waals surface area contributed by atoms with Gasteiger partial charge in [-0.25, -0.2) is 0 Å². The summed E-state index contributed by atoms with van der Waals surface area (Å²) in [6.07, 6.45) is 4.62. The van der Waals surface area contributed by atoms with E-state index in [0.29, 0.717) is 32.5 Å². The van der Waals surface area contributed by atoms with E-state index in [1.807, 2.05) is 6.08 Å². The van der Waals surface area contributed by atoms with Crippen LogP contribution in [0.3, 0.4) is 0 Å². The van der Waals surface area contributed by atoms with E-state index in [1.165, 1.54) is 0 Å². The molecular weight excluding hydrogens is 206 g/mol. The minimum atomic E-state index is -0.00824. The molecule has 1 amide bonds. The van der Waals surface area contributed by atoms with Crippen LogP contribution >= 0.6 is 0 Å². The first kappa shape index (κ1) is 12.9. The molecule has 1 heterocycles. The van der Waals surface area contributed by atoms with E-state index in [-0.39, 0.29) is 18.3 Å². The van der Waals surface area contributed by atoms with Gasteiger partial charge in [0.1, 0.15) is 12.4 Å². The molecule has 0 saturated carbocycles. The quantitative estimate of drug-likeness (QED) is 0.503. The third-order valence-corrected chi connectivity index (χ3v) is 2.60.